The van der Waals surface area contributed by atoms with Gasteiger partial charge in [0.15, 0.2) is 6.54 Å². The van der Waals surface area contributed by atoms with E-state index in [0.29, 0.717) is 0 Å². The molecule has 4 rings (SSSR count). The maximum Gasteiger partial charge on any atom is 0.495 e. The van der Waals surface area contributed by atoms with E-state index in [-0.39, 0.29) is 5.41 Å². The Morgan fingerprint density at radius 2 is 1.75 bits per heavy atom. The van der Waals surface area contributed by atoms with Crippen molar-refractivity contribution < 1.29 is 9.15 Å². The summed E-state index contributed by atoms with van der Waals surface area (Å²) in [6.45, 7) is 7.90. The molecule has 2 aromatic carbocycles. The lowest BCUT2D eigenvalue weighted by Gasteiger charge is -2.20. The molecule has 1 aliphatic carbocycles. The van der Waals surface area contributed by atoms with Crippen molar-refractivity contribution in [3.8, 4) is 11.1 Å². The minimum Gasteiger partial charge on any atom is -0.0941 e. The summed E-state index contributed by atoms with van der Waals surface area (Å²) < 4.78 is 4.26. The third-order valence-corrected chi connectivity index (χ3v) is 5.23. The average Bonchev–Trinajstić information content (AvgIpc) is 3.16. The lowest BCUT2D eigenvalue weighted by molar-refractivity contribution is -0.460. The van der Waals surface area contributed by atoms with Gasteiger partial charge in [-0.2, -0.15) is 0 Å². The molecule has 1 heterocycles. The molecule has 0 unspecified atom stereocenters. The first-order chi connectivity index (χ1) is 11.6. The van der Waals surface area contributed by atoms with Gasteiger partial charge in [0.25, 0.3) is 6.20 Å². The van der Waals surface area contributed by atoms with Gasteiger partial charge in [-0.25, -0.2) is 0 Å². The molecule has 0 N–H and O–H groups in total. The van der Waals surface area contributed by atoms with E-state index in [1.54, 1.807) is 0 Å². The molecule has 120 valence electrons. The van der Waals surface area contributed by atoms with Crippen LogP contribution < -0.4 is 0 Å². The molecule has 0 radical (unpaired) electrons. The number of benzene rings is 2. The van der Waals surface area contributed by atoms with E-state index in [4.69, 9.17) is 0 Å². The molecule has 2 aliphatic rings. The summed E-state index contributed by atoms with van der Waals surface area (Å²) in [7, 11) is 0. The van der Waals surface area contributed by atoms with Crippen LogP contribution >= 0.6 is 0 Å². The van der Waals surface area contributed by atoms with Crippen LogP contribution in [-0.4, -0.2) is 21.7 Å². The highest BCUT2D eigenvalue weighted by atomic mass is 15.1. The zero-order chi connectivity index (χ0) is 16.7. The second kappa shape index (κ2) is 5.58. The van der Waals surface area contributed by atoms with Crippen molar-refractivity contribution in [2.24, 2.45) is 0 Å². The van der Waals surface area contributed by atoms with Gasteiger partial charge in [-0.1, -0.05) is 60.6 Å². The van der Waals surface area contributed by atoms with Crippen molar-refractivity contribution in [2.45, 2.75) is 39.0 Å². The predicted octanol–water partition coefficient (Wildman–Crippen LogP) is 5.11. The first kappa shape index (κ1) is 15.1. The van der Waals surface area contributed by atoms with Gasteiger partial charge >= 0.3 is 6.01 Å². The van der Waals surface area contributed by atoms with E-state index in [1.807, 2.05) is 0 Å². The third-order valence-electron chi connectivity index (χ3n) is 5.23. The number of nitrogens with zero attached hydrogens (tertiary/aromatic N) is 2. The Kier molecular flexibility index (Phi) is 3.51. The fourth-order valence-corrected chi connectivity index (χ4v) is 3.79. The van der Waals surface area contributed by atoms with Crippen LogP contribution in [0.5, 0.6) is 0 Å². The summed E-state index contributed by atoms with van der Waals surface area (Å²) in [6.07, 6.45) is 6.62. The molecular weight excluding hydrogens is 292 g/mol. The van der Waals surface area contributed by atoms with Crippen LogP contribution in [0.4, 0.5) is 5.69 Å². The van der Waals surface area contributed by atoms with E-state index >= 15 is 0 Å². The Hall–Kier alpha value is -2.44. The standard InChI is InChI=1S/C22H24N2/c1-4-5-12-23-13-14-24(16-23)17-10-11-19-18-8-6-7-9-20(18)22(2,3)21(19)15-17/h6-11,13-15H,4-5,12H2,1-3H3/q+2. The minimum absolute atomic E-state index is 0.0489. The molecule has 2 nitrogen and oxygen atoms in total. The molecule has 0 saturated carbocycles. The summed E-state index contributed by atoms with van der Waals surface area (Å²) in [6, 6.07) is 19.0. The van der Waals surface area contributed by atoms with E-state index in [1.165, 1.54) is 40.8 Å². The van der Waals surface area contributed by atoms with Gasteiger partial charge in [0.05, 0.1) is 0 Å². The second-order valence-electron chi connectivity index (χ2n) is 7.22. The number of hydrogen-bond donors (Lipinski definition) is 0. The highest BCUT2D eigenvalue weighted by molar-refractivity contribution is 5.81. The molecule has 0 aromatic heterocycles. The van der Waals surface area contributed by atoms with Crippen LogP contribution in [0, 0.1) is 0 Å². The largest absolute Gasteiger partial charge is 0.495 e. The van der Waals surface area contributed by atoms with Crippen molar-refractivity contribution in [3.63, 3.8) is 0 Å². The fraction of sp³-hybridized carbons (Fsp3) is 0.318. The van der Waals surface area contributed by atoms with Crippen LogP contribution in [0.2, 0.25) is 0 Å². The Bertz CT molecular complexity index is 909. The molecule has 0 atom stereocenters. The van der Waals surface area contributed by atoms with Crippen molar-refractivity contribution >= 4 is 11.7 Å². The molecule has 1 aliphatic heterocycles. The maximum atomic E-state index is 3.44. The van der Waals surface area contributed by atoms with Crippen molar-refractivity contribution in [1.29, 1.82) is 0 Å². The van der Waals surface area contributed by atoms with Crippen molar-refractivity contribution in [2.75, 3.05) is 6.54 Å². The highest BCUT2D eigenvalue weighted by Crippen LogP contribution is 2.49. The second-order valence-corrected chi connectivity index (χ2v) is 7.22. The molecule has 0 amide bonds. The summed E-state index contributed by atoms with van der Waals surface area (Å²) in [4.78, 5) is 0. The molecule has 0 fully saturated rings. The van der Waals surface area contributed by atoms with Gasteiger partial charge in [0.1, 0.15) is 0 Å². The topological polar surface area (TPSA) is 6.02 Å². The fourth-order valence-electron chi connectivity index (χ4n) is 3.79. The molecule has 2 aromatic rings. The Morgan fingerprint density at radius 1 is 0.958 bits per heavy atom. The molecule has 24 heavy (non-hydrogen) atoms. The monoisotopic (exact) mass is 316 g/mol. The first-order valence-corrected chi connectivity index (χ1v) is 8.86. The van der Waals surface area contributed by atoms with E-state index in [2.05, 4.69) is 90.8 Å². The normalized spacial score (nSPS) is 16.6. The predicted molar refractivity (Wildman–Crippen MR) is 98.1 cm³/mol. The summed E-state index contributed by atoms with van der Waals surface area (Å²) >= 11 is 0. The Labute approximate surface area is 144 Å². The van der Waals surface area contributed by atoms with Crippen LogP contribution in [0.15, 0.2) is 54.9 Å². The molecule has 0 spiro atoms. The zero-order valence-electron chi connectivity index (χ0n) is 14.7. The van der Waals surface area contributed by atoms with Crippen molar-refractivity contribution in [3.05, 3.63) is 66.0 Å². The van der Waals surface area contributed by atoms with Gasteiger partial charge in [0.2, 0.25) is 11.9 Å². The number of unbranched alkanes of at least 4 members (excludes halogenated alkanes) is 1. The Balaban J connectivity index is 1.78. The lowest BCUT2D eigenvalue weighted by Crippen LogP contribution is -2.15. The third kappa shape index (κ3) is 2.26. The summed E-state index contributed by atoms with van der Waals surface area (Å²) in [5.41, 5.74) is 6.80. The van der Waals surface area contributed by atoms with Gasteiger partial charge in [-0.15, -0.1) is 0 Å². The first-order valence-electron chi connectivity index (χ1n) is 8.86. The smallest absolute Gasteiger partial charge is 0.0941 e. The molecule has 2 heteroatoms. The molecule has 0 saturated heterocycles. The van der Waals surface area contributed by atoms with Crippen LogP contribution in [0.3, 0.4) is 0 Å². The minimum atomic E-state index is 0.0489. The summed E-state index contributed by atoms with van der Waals surface area (Å²) in [5.74, 6) is 0. The number of rotatable bonds is 4. The number of hydrogen-bond acceptors (Lipinski definition) is 0. The molecule has 0 bridgehead atoms. The van der Waals surface area contributed by atoms with Crippen molar-refractivity contribution in [1.82, 2.24) is 0 Å². The zero-order valence-corrected chi connectivity index (χ0v) is 14.7. The van der Waals surface area contributed by atoms with Gasteiger partial charge in [-0.3, -0.25) is 0 Å². The van der Waals surface area contributed by atoms with E-state index in [9.17, 15) is 0 Å². The SMILES string of the molecule is CCCC[N+]1=C=[N+](c2ccc3c(c2)C(C)(C)c2ccccc2-3)C=C1. The van der Waals surface area contributed by atoms with E-state index < -0.39 is 0 Å². The molecular formula is C22H24N2+2. The average molecular weight is 316 g/mol. The number of fused-ring (bicyclic) bond motifs is 3. The quantitative estimate of drug-likeness (QED) is 0.692. The van der Waals surface area contributed by atoms with Crippen LogP contribution in [-0.2, 0) is 5.41 Å². The summed E-state index contributed by atoms with van der Waals surface area (Å²) in [5, 5.41) is 0. The van der Waals surface area contributed by atoms with Gasteiger partial charge < -0.3 is 0 Å². The van der Waals surface area contributed by atoms with Gasteiger partial charge in [-0.05, 0) is 28.3 Å². The van der Waals surface area contributed by atoms with Crippen LogP contribution in [0.25, 0.3) is 11.1 Å². The lowest BCUT2D eigenvalue weighted by atomic mass is 9.82. The van der Waals surface area contributed by atoms with Crippen LogP contribution in [0.1, 0.15) is 44.7 Å². The van der Waals surface area contributed by atoms with E-state index in [0.717, 1.165) is 6.54 Å². The van der Waals surface area contributed by atoms with Gasteiger partial charge in [0, 0.05) is 24.0 Å². The maximum absolute atomic E-state index is 3.44. The Morgan fingerprint density at radius 3 is 2.58 bits per heavy atom. The highest BCUT2D eigenvalue weighted by Gasteiger charge is 2.36.